The van der Waals surface area contributed by atoms with E-state index < -0.39 is 8.07 Å². The van der Waals surface area contributed by atoms with E-state index in [4.69, 9.17) is 15.0 Å². The minimum atomic E-state index is -1.43. The monoisotopic (exact) mass is 506 g/mol. The van der Waals surface area contributed by atoms with Gasteiger partial charge in [-0.15, -0.1) is 0 Å². The average Bonchev–Trinajstić information content (AvgIpc) is 3.19. The molecule has 5 aromatic rings. The normalized spacial score (nSPS) is 12.3. The third-order valence-corrected chi connectivity index (χ3v) is 8.97. The van der Waals surface area contributed by atoms with Crippen molar-refractivity contribution >= 4 is 24.3 Å². The highest BCUT2D eigenvalue weighted by Gasteiger charge is 2.21. The first-order valence-corrected chi connectivity index (χ1v) is 16.2. The molecule has 6 heteroatoms. The Balaban J connectivity index is 1.71. The molecule has 0 fully saturated rings. The second-order valence-electron chi connectivity index (χ2n) is 11.8. The summed E-state index contributed by atoms with van der Waals surface area (Å²) in [6, 6.07) is 20.3. The number of fused-ring (bicyclic) bond motifs is 1. The molecule has 0 amide bonds. The van der Waals surface area contributed by atoms with Gasteiger partial charge in [0.1, 0.15) is 17.1 Å². The zero-order valence-electron chi connectivity index (χ0n) is 22.7. The maximum absolute atomic E-state index is 10.5. The fourth-order valence-electron chi connectivity index (χ4n) is 4.59. The van der Waals surface area contributed by atoms with Crippen LogP contribution in [0.2, 0.25) is 19.6 Å². The van der Waals surface area contributed by atoms with Gasteiger partial charge in [-0.2, -0.15) is 0 Å². The third kappa shape index (κ3) is 4.69. The zero-order chi connectivity index (χ0) is 26.5. The minimum Gasteiger partial charge on any atom is -0.507 e. The fourth-order valence-corrected chi connectivity index (χ4v) is 5.62. The van der Waals surface area contributed by atoms with Gasteiger partial charge in [0, 0.05) is 30.6 Å². The van der Waals surface area contributed by atoms with Gasteiger partial charge >= 0.3 is 0 Å². The van der Waals surface area contributed by atoms with Crippen molar-refractivity contribution in [2.75, 3.05) is 0 Å². The number of pyridine rings is 2. The van der Waals surface area contributed by atoms with Crippen LogP contribution in [0.15, 0.2) is 73.1 Å². The van der Waals surface area contributed by atoms with Crippen LogP contribution < -0.4 is 5.19 Å². The van der Waals surface area contributed by atoms with Gasteiger partial charge < -0.3 is 9.67 Å². The molecule has 0 aliphatic rings. The second-order valence-corrected chi connectivity index (χ2v) is 16.8. The zero-order valence-corrected chi connectivity index (χ0v) is 23.7. The van der Waals surface area contributed by atoms with Crippen LogP contribution in [0.5, 0.6) is 5.75 Å². The lowest BCUT2D eigenvalue weighted by molar-refractivity contribution is 0.476. The molecule has 3 aromatic heterocycles. The molecule has 188 valence electrons. The number of imidazole rings is 1. The van der Waals surface area contributed by atoms with Crippen LogP contribution in [-0.4, -0.2) is 32.7 Å². The molecule has 3 heterocycles. The highest BCUT2D eigenvalue weighted by Crippen LogP contribution is 2.36. The Hall–Kier alpha value is -3.77. The highest BCUT2D eigenvalue weighted by atomic mass is 28.3. The summed E-state index contributed by atoms with van der Waals surface area (Å²) < 4.78 is 2.01. The summed E-state index contributed by atoms with van der Waals surface area (Å²) in [4.78, 5) is 14.7. The summed E-state index contributed by atoms with van der Waals surface area (Å²) >= 11 is 0. The van der Waals surface area contributed by atoms with E-state index in [9.17, 15) is 5.11 Å². The highest BCUT2D eigenvalue weighted by molar-refractivity contribution is 6.88. The van der Waals surface area contributed by atoms with Crippen LogP contribution in [0.1, 0.15) is 26.3 Å². The molecule has 2 aromatic carbocycles. The Kier molecular flexibility index (Phi) is 6.03. The van der Waals surface area contributed by atoms with E-state index in [1.807, 2.05) is 48.3 Å². The average molecular weight is 507 g/mol. The van der Waals surface area contributed by atoms with E-state index in [-0.39, 0.29) is 11.2 Å². The first-order chi connectivity index (χ1) is 17.4. The molecule has 0 aliphatic heterocycles. The van der Waals surface area contributed by atoms with Crippen molar-refractivity contribution in [2.45, 2.75) is 45.8 Å². The molecule has 0 radical (unpaired) electrons. The van der Waals surface area contributed by atoms with Gasteiger partial charge in [0.25, 0.3) is 0 Å². The summed E-state index contributed by atoms with van der Waals surface area (Å²) in [5.41, 5.74) is 7.48. The van der Waals surface area contributed by atoms with Crippen LogP contribution in [0.4, 0.5) is 0 Å². The SMILES string of the molecule is Cn1c(-c2ccccc2O)nc2c(-c3cc(-c4ccc([Si](C)(C)C)cn4)cc(C(C)(C)C)c3)nccc21. The largest absolute Gasteiger partial charge is 0.507 e. The Bertz CT molecular complexity index is 1610. The molecule has 1 N–H and O–H groups in total. The number of benzene rings is 2. The summed E-state index contributed by atoms with van der Waals surface area (Å²) in [6.07, 6.45) is 3.87. The minimum absolute atomic E-state index is 0.0535. The number of hydrogen-bond acceptors (Lipinski definition) is 4. The number of aryl methyl sites for hydroxylation is 1. The molecule has 0 saturated carbocycles. The molecule has 0 unspecified atom stereocenters. The van der Waals surface area contributed by atoms with E-state index in [1.54, 1.807) is 6.07 Å². The lowest BCUT2D eigenvalue weighted by Crippen LogP contribution is -2.37. The van der Waals surface area contributed by atoms with Crippen LogP contribution in [-0.2, 0) is 12.5 Å². The van der Waals surface area contributed by atoms with Crippen molar-refractivity contribution in [1.29, 1.82) is 0 Å². The Morgan fingerprint density at radius 1 is 0.865 bits per heavy atom. The number of hydrogen-bond donors (Lipinski definition) is 1. The molecular weight excluding hydrogens is 472 g/mol. The van der Waals surface area contributed by atoms with E-state index in [1.165, 1.54) is 10.8 Å². The van der Waals surface area contributed by atoms with Crippen LogP contribution in [0.3, 0.4) is 0 Å². The van der Waals surface area contributed by atoms with Crippen molar-refractivity contribution in [3.8, 4) is 39.7 Å². The van der Waals surface area contributed by atoms with Crippen LogP contribution in [0.25, 0.3) is 44.9 Å². The molecule has 5 nitrogen and oxygen atoms in total. The third-order valence-electron chi connectivity index (χ3n) is 6.94. The first-order valence-electron chi connectivity index (χ1n) is 12.7. The summed E-state index contributed by atoms with van der Waals surface area (Å²) in [5, 5.41) is 11.8. The maximum Gasteiger partial charge on any atom is 0.144 e. The molecule has 37 heavy (non-hydrogen) atoms. The van der Waals surface area contributed by atoms with E-state index in [0.717, 1.165) is 33.5 Å². The van der Waals surface area contributed by atoms with Gasteiger partial charge in [0.15, 0.2) is 0 Å². The number of phenolic OH excluding ortho intramolecular Hbond substituents is 1. The Morgan fingerprint density at radius 3 is 2.24 bits per heavy atom. The van der Waals surface area contributed by atoms with Gasteiger partial charge in [0.05, 0.1) is 30.5 Å². The number of nitrogens with zero attached hydrogens (tertiary/aromatic N) is 4. The Labute approximate surface area is 219 Å². The lowest BCUT2D eigenvalue weighted by atomic mass is 9.84. The van der Waals surface area contributed by atoms with Gasteiger partial charge in [-0.05, 0) is 58.6 Å². The number of rotatable bonds is 4. The summed E-state index contributed by atoms with van der Waals surface area (Å²) in [5.74, 6) is 0.915. The molecule has 5 rings (SSSR count). The fraction of sp³-hybridized carbons (Fsp3) is 0.258. The maximum atomic E-state index is 10.5. The topological polar surface area (TPSA) is 63.8 Å². The number of para-hydroxylation sites is 1. The molecule has 0 bridgehead atoms. The van der Waals surface area contributed by atoms with Crippen LogP contribution >= 0.6 is 0 Å². The van der Waals surface area contributed by atoms with E-state index in [0.29, 0.717) is 11.4 Å². The van der Waals surface area contributed by atoms with Gasteiger partial charge in [-0.3, -0.25) is 9.97 Å². The van der Waals surface area contributed by atoms with Crippen molar-refractivity contribution in [3.05, 3.63) is 78.6 Å². The molecule has 0 aliphatic carbocycles. The van der Waals surface area contributed by atoms with Crippen molar-refractivity contribution < 1.29 is 5.11 Å². The molecular formula is C31H34N4OSi. The van der Waals surface area contributed by atoms with Gasteiger partial charge in [-0.25, -0.2) is 4.98 Å². The predicted octanol–water partition coefficient (Wildman–Crippen LogP) is 6.91. The molecule has 0 spiro atoms. The van der Waals surface area contributed by atoms with Crippen molar-refractivity contribution in [2.24, 2.45) is 7.05 Å². The lowest BCUT2D eigenvalue weighted by Gasteiger charge is -2.22. The second kappa shape index (κ2) is 8.96. The van der Waals surface area contributed by atoms with Crippen molar-refractivity contribution in [1.82, 2.24) is 19.5 Å². The quantitative estimate of drug-likeness (QED) is 0.269. The van der Waals surface area contributed by atoms with E-state index in [2.05, 4.69) is 70.7 Å². The molecule has 0 saturated heterocycles. The first kappa shape index (κ1) is 24.9. The van der Waals surface area contributed by atoms with Crippen molar-refractivity contribution in [3.63, 3.8) is 0 Å². The number of phenols is 1. The number of aromatic hydroxyl groups is 1. The van der Waals surface area contributed by atoms with Gasteiger partial charge in [-0.1, -0.05) is 58.6 Å². The summed E-state index contributed by atoms with van der Waals surface area (Å²) in [7, 11) is 0.546. The standard InChI is InChI=1S/C31H34N4OSi/c1-31(2,3)22-17-20(25-13-12-23(19-33-25)37(5,6)7)16-21(18-22)28-29-26(14-15-32-28)35(4)30(34-29)24-10-8-9-11-27(24)36/h8-19,36H,1-7H3. The van der Waals surface area contributed by atoms with Crippen LogP contribution in [0, 0.1) is 0 Å². The smallest absolute Gasteiger partial charge is 0.144 e. The van der Waals surface area contributed by atoms with Gasteiger partial charge in [0.2, 0.25) is 0 Å². The Morgan fingerprint density at radius 2 is 1.59 bits per heavy atom. The molecule has 0 atom stereocenters. The summed E-state index contributed by atoms with van der Waals surface area (Å²) in [6.45, 7) is 13.7. The number of aromatic nitrogens is 4. The van der Waals surface area contributed by atoms with E-state index >= 15 is 0 Å². The predicted molar refractivity (Wildman–Crippen MR) is 156 cm³/mol.